The molecule has 1 unspecified atom stereocenters. The predicted octanol–water partition coefficient (Wildman–Crippen LogP) is 4.54. The first-order valence-electron chi connectivity index (χ1n) is 20.9. The summed E-state index contributed by atoms with van der Waals surface area (Å²) in [6.45, 7) is 15.5. The molecule has 0 aromatic heterocycles. The van der Waals surface area contributed by atoms with E-state index in [0.29, 0.717) is 6.42 Å². The van der Waals surface area contributed by atoms with Gasteiger partial charge < -0.3 is 53.4 Å². The monoisotopic (exact) mass is 831 g/mol. The summed E-state index contributed by atoms with van der Waals surface area (Å²) < 4.78 is 50.5. The molecule has 4 aliphatic heterocycles. The maximum Gasteiger partial charge on any atom is 0.408 e. The van der Waals surface area contributed by atoms with Crippen LogP contribution in [0.25, 0.3) is 0 Å². The summed E-state index contributed by atoms with van der Waals surface area (Å²) in [5.74, 6) is -4.37. The molecule has 16 nitrogen and oxygen atoms in total. The lowest BCUT2D eigenvalue weighted by Gasteiger charge is -2.49. The van der Waals surface area contributed by atoms with E-state index in [2.05, 4.69) is 10.6 Å². The third kappa shape index (κ3) is 10.6. The number of amides is 2. The van der Waals surface area contributed by atoms with E-state index >= 15 is 0 Å². The predicted molar refractivity (Wildman–Crippen MR) is 213 cm³/mol. The van der Waals surface area contributed by atoms with Gasteiger partial charge in [0.1, 0.15) is 18.5 Å². The molecule has 15 atom stereocenters. The number of Topliss-reactive ketones (excluding diaryl/α,β-unsaturated/α-hetero) is 1. The summed E-state index contributed by atoms with van der Waals surface area (Å²) in [5.41, 5.74) is -1.88. The minimum atomic E-state index is -1.36. The second-order valence-corrected chi connectivity index (χ2v) is 17.5. The highest BCUT2D eigenvalue weighted by atomic mass is 16.7. The highest BCUT2D eigenvalue weighted by molar-refractivity contribution is 5.85. The van der Waals surface area contributed by atoms with Crippen molar-refractivity contribution < 1.29 is 61.9 Å². The van der Waals surface area contributed by atoms with Crippen molar-refractivity contribution in [3.8, 4) is 0 Å². The minimum absolute atomic E-state index is 0.0367. The summed E-state index contributed by atoms with van der Waals surface area (Å²) in [6.07, 6.45) is -5.48. The molecule has 2 bridgehead atoms. The first-order valence-corrected chi connectivity index (χ1v) is 20.9. The number of nitrogens with zero attached hydrogens (tertiary/aromatic N) is 1. The number of hydrogen-bond donors (Lipinski definition) is 2. The number of rotatable bonds is 8. The second kappa shape index (κ2) is 19.3. The van der Waals surface area contributed by atoms with Crippen molar-refractivity contribution in [1.82, 2.24) is 15.5 Å². The van der Waals surface area contributed by atoms with Crippen molar-refractivity contribution >= 4 is 29.9 Å². The van der Waals surface area contributed by atoms with E-state index in [4.69, 9.17) is 37.9 Å². The largest absolute Gasteiger partial charge is 0.458 e. The van der Waals surface area contributed by atoms with Crippen LogP contribution in [0.3, 0.4) is 0 Å². The Bertz CT molecular complexity index is 1650. The molecule has 5 rings (SSSR count). The maximum absolute atomic E-state index is 14.6. The molecule has 59 heavy (non-hydrogen) atoms. The number of nitrogens with one attached hydrogen (secondary N) is 2. The van der Waals surface area contributed by atoms with Crippen LogP contribution in [-0.2, 0) is 58.9 Å². The maximum atomic E-state index is 14.6. The lowest BCUT2D eigenvalue weighted by molar-refractivity contribution is -0.304. The van der Waals surface area contributed by atoms with Crippen LogP contribution < -0.4 is 10.6 Å². The lowest BCUT2D eigenvalue weighted by atomic mass is 9.73. The number of carbonyl (C=O) groups is 5. The Morgan fingerprint density at radius 2 is 1.69 bits per heavy atom. The van der Waals surface area contributed by atoms with Crippen LogP contribution in [-0.4, -0.2) is 128 Å². The number of alkyl carbamates (subject to hydrolysis) is 2. The zero-order chi connectivity index (χ0) is 43.4. The molecule has 1 aromatic rings. The molecule has 330 valence electrons. The second-order valence-electron chi connectivity index (χ2n) is 17.5. The van der Waals surface area contributed by atoms with E-state index in [9.17, 15) is 24.0 Å². The normalized spacial score (nSPS) is 39.6. The van der Waals surface area contributed by atoms with E-state index in [-0.39, 0.29) is 50.6 Å². The molecule has 0 spiro atoms. The van der Waals surface area contributed by atoms with E-state index in [0.717, 1.165) is 5.56 Å². The first-order chi connectivity index (χ1) is 27.8. The number of fused-ring (bicyclic) bond motifs is 4. The molecule has 1 aromatic carbocycles. The van der Waals surface area contributed by atoms with Gasteiger partial charge in [0.15, 0.2) is 18.0 Å². The first kappa shape index (κ1) is 46.2. The topological polar surface area (TPSA) is 186 Å². The number of carbonyl (C=O) groups excluding carboxylic acids is 5. The Kier molecular flexibility index (Phi) is 15.1. The molecule has 2 amide bonds. The fourth-order valence-corrected chi connectivity index (χ4v) is 9.45. The highest BCUT2D eigenvalue weighted by Gasteiger charge is 2.58. The fraction of sp³-hybridized carbons (Fsp3) is 0.744. The van der Waals surface area contributed by atoms with Gasteiger partial charge in [-0.3, -0.25) is 14.4 Å². The van der Waals surface area contributed by atoms with Crippen LogP contribution >= 0.6 is 0 Å². The number of ketones is 1. The van der Waals surface area contributed by atoms with E-state index in [1.807, 2.05) is 77.0 Å². The van der Waals surface area contributed by atoms with Crippen molar-refractivity contribution in [1.29, 1.82) is 0 Å². The van der Waals surface area contributed by atoms with Gasteiger partial charge in [-0.05, 0) is 66.6 Å². The Balaban J connectivity index is 1.59. The standard InChI is InChI=1S/C43H65N3O13/c1-12-32-43(9)36(45-41(51)59-43)25(4)33(48)23(2)19-42(8)37(58-39-35(56-28(7)47)31(46(10)11)18-24(3)55-39)26(5)34(27(6)38(49)57-32)52-21-30(22-54-42)44-40(50)53-20-29-16-14-13-15-17-29/h13-17,23-27,30-32,34-37,39H,12,18-22H2,1-11H3,(H,44,50)(H,45,51)/t23-,24-,25+,26+,27-,30?,31+,32-,34+,35-,36-,37-,39+,42-,43-/m1/s1. The third-order valence-electron chi connectivity index (χ3n) is 12.6. The summed E-state index contributed by atoms with van der Waals surface area (Å²) >= 11 is 0. The zero-order valence-corrected chi connectivity index (χ0v) is 36.4. The molecule has 0 aliphatic carbocycles. The summed E-state index contributed by atoms with van der Waals surface area (Å²) in [4.78, 5) is 69.6. The van der Waals surface area contributed by atoms with Gasteiger partial charge in [0, 0.05) is 24.7 Å². The lowest BCUT2D eigenvalue weighted by Crippen LogP contribution is -2.61. The highest BCUT2D eigenvalue weighted by Crippen LogP contribution is 2.42. The van der Waals surface area contributed by atoms with Crippen molar-refractivity contribution in [3.63, 3.8) is 0 Å². The summed E-state index contributed by atoms with van der Waals surface area (Å²) in [6, 6.07) is 7.41. The summed E-state index contributed by atoms with van der Waals surface area (Å²) in [7, 11) is 3.79. The van der Waals surface area contributed by atoms with E-state index in [1.54, 1.807) is 27.7 Å². The van der Waals surface area contributed by atoms with E-state index < -0.39 is 102 Å². The van der Waals surface area contributed by atoms with Crippen LogP contribution in [0.1, 0.15) is 87.1 Å². The van der Waals surface area contributed by atoms with Crippen LogP contribution in [0.15, 0.2) is 30.3 Å². The van der Waals surface area contributed by atoms with Gasteiger partial charge in [-0.15, -0.1) is 0 Å². The van der Waals surface area contributed by atoms with Gasteiger partial charge in [-0.25, -0.2) is 9.59 Å². The molecular formula is C43H65N3O13. The Morgan fingerprint density at radius 3 is 2.34 bits per heavy atom. The Morgan fingerprint density at radius 1 is 1.00 bits per heavy atom. The van der Waals surface area contributed by atoms with Gasteiger partial charge in [0.05, 0.1) is 61.2 Å². The molecule has 2 N–H and O–H groups in total. The molecule has 16 heteroatoms. The van der Waals surface area contributed by atoms with Crippen LogP contribution in [0, 0.1) is 23.7 Å². The van der Waals surface area contributed by atoms with Crippen LogP contribution in [0.5, 0.6) is 0 Å². The van der Waals surface area contributed by atoms with Crippen molar-refractivity contribution in [3.05, 3.63) is 35.9 Å². The number of ether oxygens (including phenoxy) is 8. The van der Waals surface area contributed by atoms with Crippen LogP contribution in [0.2, 0.25) is 0 Å². The molecular weight excluding hydrogens is 766 g/mol. The zero-order valence-electron chi connectivity index (χ0n) is 36.4. The molecule has 4 fully saturated rings. The number of cyclic esters (lactones) is 1. The summed E-state index contributed by atoms with van der Waals surface area (Å²) in [5, 5.41) is 5.70. The fourth-order valence-electron chi connectivity index (χ4n) is 9.45. The third-order valence-corrected chi connectivity index (χ3v) is 12.6. The van der Waals surface area contributed by atoms with Gasteiger partial charge >= 0.3 is 24.1 Å². The van der Waals surface area contributed by atoms with Crippen molar-refractivity contribution in [2.24, 2.45) is 23.7 Å². The minimum Gasteiger partial charge on any atom is -0.458 e. The van der Waals surface area contributed by atoms with Gasteiger partial charge in [0.25, 0.3) is 0 Å². The molecule has 4 saturated heterocycles. The van der Waals surface area contributed by atoms with Gasteiger partial charge in [-0.2, -0.15) is 0 Å². The van der Waals surface area contributed by atoms with Crippen molar-refractivity contribution in [2.45, 2.75) is 154 Å². The molecule has 4 heterocycles. The van der Waals surface area contributed by atoms with Crippen LogP contribution in [0.4, 0.5) is 9.59 Å². The number of esters is 2. The average Bonchev–Trinajstić information content (AvgIpc) is 3.51. The Labute approximate surface area is 347 Å². The molecule has 4 aliphatic rings. The quantitative estimate of drug-likeness (QED) is 0.275. The van der Waals surface area contributed by atoms with Crippen molar-refractivity contribution in [2.75, 3.05) is 27.3 Å². The van der Waals surface area contributed by atoms with Gasteiger partial charge in [-0.1, -0.05) is 58.0 Å². The number of likely N-dealkylation sites (N-methyl/N-ethyl adjacent to an activating group) is 1. The SMILES string of the molecule is CC[C@H]1OC(=O)[C@H](C)[C@H]2OCC(NC(=O)OCc3ccccc3)CO[C@](C)(C[C@@H](C)C(=O)[C@H](C)[C@H]3NC(=O)O[C@@]31C)[C@H](O[C@@H]1O[C@H](C)C[C@H](N(C)C)[C@H]1OC(C)=O)[C@H]2C. The Hall–Kier alpha value is -3.83. The van der Waals surface area contributed by atoms with Gasteiger partial charge in [0.2, 0.25) is 0 Å². The average molecular weight is 832 g/mol. The molecule has 0 saturated carbocycles. The number of hydrogen-bond acceptors (Lipinski definition) is 14. The van der Waals surface area contributed by atoms with E-state index in [1.165, 1.54) is 6.92 Å². The smallest absolute Gasteiger partial charge is 0.408 e. The molecule has 0 radical (unpaired) electrons. The number of benzene rings is 1.